The molecule has 2 atom stereocenters. The molecule has 0 aliphatic carbocycles. The maximum atomic E-state index is 12.7. The lowest BCUT2D eigenvalue weighted by atomic mass is 9.83. The van der Waals surface area contributed by atoms with Gasteiger partial charge in [-0.15, -0.1) is 0 Å². The summed E-state index contributed by atoms with van der Waals surface area (Å²) in [6.07, 6.45) is 3.05. The van der Waals surface area contributed by atoms with Gasteiger partial charge in [-0.3, -0.25) is 4.79 Å². The summed E-state index contributed by atoms with van der Waals surface area (Å²) in [5.41, 5.74) is 2.91. The highest BCUT2D eigenvalue weighted by Gasteiger charge is 2.24. The fourth-order valence-electron chi connectivity index (χ4n) is 3.37. The predicted octanol–water partition coefficient (Wildman–Crippen LogP) is 3.52. The molecule has 1 heterocycles. The number of carbonyl (C=O) groups is 1. The van der Waals surface area contributed by atoms with Crippen LogP contribution in [0.25, 0.3) is 0 Å². The van der Waals surface area contributed by atoms with E-state index < -0.39 is 0 Å². The Balaban J connectivity index is 2.12. The number of aryl methyl sites for hydroxylation is 2. The van der Waals surface area contributed by atoms with Crippen LogP contribution in [0.2, 0.25) is 0 Å². The quantitative estimate of drug-likeness (QED) is 0.843. The number of ketones is 1. The Labute approximate surface area is 128 Å². The number of rotatable bonds is 5. The summed E-state index contributed by atoms with van der Waals surface area (Å²) in [7, 11) is 1.64. The number of ether oxygens (including phenoxy) is 1. The van der Waals surface area contributed by atoms with E-state index in [-0.39, 0.29) is 5.78 Å². The van der Waals surface area contributed by atoms with Gasteiger partial charge in [0.15, 0.2) is 5.78 Å². The number of hydrogen-bond donors (Lipinski definition) is 1. The number of hydrogen-bond acceptors (Lipinski definition) is 3. The second kappa shape index (κ2) is 7.08. The number of methoxy groups -OCH3 is 1. The average Bonchev–Trinajstić information content (AvgIpc) is 2.46. The fourth-order valence-corrected chi connectivity index (χ4v) is 3.37. The minimum atomic E-state index is 0.211. The molecule has 1 N–H and O–H groups in total. The van der Waals surface area contributed by atoms with Crippen molar-refractivity contribution in [3.05, 3.63) is 28.8 Å². The van der Waals surface area contributed by atoms with Crippen molar-refractivity contribution in [1.29, 1.82) is 0 Å². The Morgan fingerprint density at radius 3 is 2.81 bits per heavy atom. The molecule has 0 bridgehead atoms. The first kappa shape index (κ1) is 16.0. The third-order valence-corrected chi connectivity index (χ3v) is 4.59. The van der Waals surface area contributed by atoms with Gasteiger partial charge < -0.3 is 10.1 Å². The highest BCUT2D eigenvalue weighted by molar-refractivity contribution is 6.00. The third kappa shape index (κ3) is 3.85. The fraction of sp³-hybridized carbons (Fsp3) is 0.611. The number of Topliss-reactive ketones (excluding diaryl/α,β-unsaturated/α-hetero) is 1. The molecular weight excluding hydrogens is 262 g/mol. The van der Waals surface area contributed by atoms with Gasteiger partial charge in [0.05, 0.1) is 12.7 Å². The van der Waals surface area contributed by atoms with Crippen molar-refractivity contribution in [2.75, 3.05) is 20.2 Å². The second-order valence-corrected chi connectivity index (χ2v) is 6.37. The molecule has 1 aliphatic heterocycles. The topological polar surface area (TPSA) is 38.3 Å². The van der Waals surface area contributed by atoms with Gasteiger partial charge >= 0.3 is 0 Å². The van der Waals surface area contributed by atoms with Crippen molar-refractivity contribution in [1.82, 2.24) is 5.32 Å². The van der Waals surface area contributed by atoms with Crippen LogP contribution in [0.4, 0.5) is 0 Å². The molecule has 0 radical (unpaired) electrons. The van der Waals surface area contributed by atoms with Crippen LogP contribution >= 0.6 is 0 Å². The van der Waals surface area contributed by atoms with E-state index in [2.05, 4.69) is 18.3 Å². The monoisotopic (exact) mass is 289 g/mol. The first-order valence-corrected chi connectivity index (χ1v) is 7.92. The second-order valence-electron chi connectivity index (χ2n) is 6.37. The van der Waals surface area contributed by atoms with Crippen LogP contribution in [0.3, 0.4) is 0 Å². The molecule has 116 valence electrons. The first-order chi connectivity index (χ1) is 10.0. The molecule has 0 saturated carbocycles. The Morgan fingerprint density at radius 2 is 2.19 bits per heavy atom. The van der Waals surface area contributed by atoms with Crippen LogP contribution in [0.1, 0.15) is 47.7 Å². The minimum absolute atomic E-state index is 0.211. The van der Waals surface area contributed by atoms with E-state index in [4.69, 9.17) is 4.74 Å². The van der Waals surface area contributed by atoms with E-state index in [1.807, 2.05) is 19.9 Å². The maximum absolute atomic E-state index is 12.7. The van der Waals surface area contributed by atoms with Crippen LogP contribution in [0.5, 0.6) is 5.75 Å². The molecule has 3 nitrogen and oxygen atoms in total. The van der Waals surface area contributed by atoms with Gasteiger partial charge in [0, 0.05) is 6.42 Å². The van der Waals surface area contributed by atoms with Crippen molar-refractivity contribution >= 4 is 5.78 Å². The number of nitrogens with one attached hydrogen (secondary N) is 1. The summed E-state index contributed by atoms with van der Waals surface area (Å²) < 4.78 is 5.42. The summed E-state index contributed by atoms with van der Waals surface area (Å²) in [6.45, 7) is 8.38. The molecule has 1 fully saturated rings. The molecule has 1 aliphatic rings. The van der Waals surface area contributed by atoms with Gasteiger partial charge in [-0.2, -0.15) is 0 Å². The molecule has 1 saturated heterocycles. The summed E-state index contributed by atoms with van der Waals surface area (Å²) in [4.78, 5) is 12.7. The van der Waals surface area contributed by atoms with Gasteiger partial charge in [0.25, 0.3) is 0 Å². The van der Waals surface area contributed by atoms with E-state index in [9.17, 15) is 4.79 Å². The summed E-state index contributed by atoms with van der Waals surface area (Å²) in [6, 6.07) is 4.01. The zero-order chi connectivity index (χ0) is 15.4. The lowest BCUT2D eigenvalue weighted by molar-refractivity contribution is 0.0939. The van der Waals surface area contributed by atoms with Gasteiger partial charge in [0.2, 0.25) is 0 Å². The van der Waals surface area contributed by atoms with E-state index in [1.165, 1.54) is 12.8 Å². The molecule has 2 rings (SSSR count). The third-order valence-electron chi connectivity index (χ3n) is 4.59. The Bertz CT molecular complexity index is 504. The molecule has 21 heavy (non-hydrogen) atoms. The van der Waals surface area contributed by atoms with Crippen molar-refractivity contribution in [3.8, 4) is 5.75 Å². The molecule has 2 unspecified atom stereocenters. The van der Waals surface area contributed by atoms with Crippen molar-refractivity contribution in [2.45, 2.75) is 40.0 Å². The smallest absolute Gasteiger partial charge is 0.167 e. The standard InChI is InChI=1S/C18H27NO2/c1-12-8-14(3)18(17(9-12)21-4)16(20)10-13(2)15-6-5-7-19-11-15/h8-9,13,15,19H,5-7,10-11H2,1-4H3. The molecule has 0 spiro atoms. The summed E-state index contributed by atoms with van der Waals surface area (Å²) in [5, 5.41) is 3.43. The van der Waals surface area contributed by atoms with Crippen LogP contribution in [-0.4, -0.2) is 26.0 Å². The largest absolute Gasteiger partial charge is 0.496 e. The van der Waals surface area contributed by atoms with E-state index in [0.29, 0.717) is 24.0 Å². The normalized spacial score (nSPS) is 20.1. The molecule has 0 amide bonds. The van der Waals surface area contributed by atoms with Crippen molar-refractivity contribution < 1.29 is 9.53 Å². The molecule has 1 aromatic rings. The highest BCUT2D eigenvalue weighted by atomic mass is 16.5. The minimum Gasteiger partial charge on any atom is -0.496 e. The van der Waals surface area contributed by atoms with Crippen LogP contribution in [0.15, 0.2) is 12.1 Å². The molecule has 3 heteroatoms. The van der Waals surface area contributed by atoms with Crippen LogP contribution in [0, 0.1) is 25.7 Å². The summed E-state index contributed by atoms with van der Waals surface area (Å²) in [5.74, 6) is 1.95. The molecule has 1 aromatic carbocycles. The predicted molar refractivity (Wildman–Crippen MR) is 86.2 cm³/mol. The van der Waals surface area contributed by atoms with Gasteiger partial charge in [-0.1, -0.05) is 13.0 Å². The van der Waals surface area contributed by atoms with Gasteiger partial charge in [-0.25, -0.2) is 0 Å². The molecule has 0 aromatic heterocycles. The SMILES string of the molecule is COc1cc(C)cc(C)c1C(=O)CC(C)C1CCCNC1. The van der Waals surface area contributed by atoms with E-state index in [0.717, 1.165) is 29.8 Å². The van der Waals surface area contributed by atoms with Gasteiger partial charge in [-0.05, 0) is 68.8 Å². The first-order valence-electron chi connectivity index (χ1n) is 7.92. The maximum Gasteiger partial charge on any atom is 0.167 e. The molecular formula is C18H27NO2. The van der Waals surface area contributed by atoms with E-state index in [1.54, 1.807) is 7.11 Å². The van der Waals surface area contributed by atoms with Crippen LogP contribution in [-0.2, 0) is 0 Å². The van der Waals surface area contributed by atoms with E-state index >= 15 is 0 Å². The lowest BCUT2D eigenvalue weighted by Crippen LogP contribution is -2.34. The number of piperidine rings is 1. The Morgan fingerprint density at radius 1 is 1.43 bits per heavy atom. The van der Waals surface area contributed by atoms with Crippen molar-refractivity contribution in [3.63, 3.8) is 0 Å². The zero-order valence-corrected chi connectivity index (χ0v) is 13.7. The van der Waals surface area contributed by atoms with Crippen molar-refractivity contribution in [2.24, 2.45) is 11.8 Å². The Hall–Kier alpha value is -1.35. The number of benzene rings is 1. The summed E-state index contributed by atoms with van der Waals surface area (Å²) >= 11 is 0. The highest BCUT2D eigenvalue weighted by Crippen LogP contribution is 2.29. The average molecular weight is 289 g/mol. The zero-order valence-electron chi connectivity index (χ0n) is 13.7. The lowest BCUT2D eigenvalue weighted by Gasteiger charge is -2.28. The van der Waals surface area contributed by atoms with Crippen LogP contribution < -0.4 is 10.1 Å². The number of carbonyl (C=O) groups excluding carboxylic acids is 1. The van der Waals surface area contributed by atoms with Gasteiger partial charge in [0.1, 0.15) is 5.75 Å². The Kier molecular flexibility index (Phi) is 5.40.